The quantitative estimate of drug-likeness (QED) is 0.670. The van der Waals surface area contributed by atoms with Crippen molar-refractivity contribution >= 4 is 5.69 Å². The number of rotatable bonds is 1. The lowest BCUT2D eigenvalue weighted by atomic mass is 9.90. The molecule has 2 rings (SSSR count). The Bertz CT molecular complexity index is 319. The summed E-state index contributed by atoms with van der Waals surface area (Å²) in [6.45, 7) is 1.97. The molecule has 76 valence electrons. The predicted molar refractivity (Wildman–Crippen MR) is 55.7 cm³/mol. The molecule has 0 bridgehead atoms. The van der Waals surface area contributed by atoms with Gasteiger partial charge in [-0.15, -0.1) is 0 Å². The van der Waals surface area contributed by atoms with E-state index >= 15 is 0 Å². The highest BCUT2D eigenvalue weighted by Crippen LogP contribution is 2.28. The lowest BCUT2D eigenvalue weighted by molar-refractivity contribution is 0.460. The van der Waals surface area contributed by atoms with Gasteiger partial charge < -0.3 is 11.1 Å². The molecule has 1 aliphatic rings. The van der Waals surface area contributed by atoms with Crippen LogP contribution >= 0.6 is 0 Å². The minimum absolute atomic E-state index is 0.195. The summed E-state index contributed by atoms with van der Waals surface area (Å²) in [4.78, 5) is 0. The Kier molecular flexibility index (Phi) is 2.68. The van der Waals surface area contributed by atoms with E-state index in [4.69, 9.17) is 5.73 Å². The Hall–Kier alpha value is -1.09. The van der Waals surface area contributed by atoms with Crippen LogP contribution in [0.1, 0.15) is 24.3 Å². The van der Waals surface area contributed by atoms with Gasteiger partial charge >= 0.3 is 0 Å². The number of benzene rings is 1. The summed E-state index contributed by atoms with van der Waals surface area (Å²) in [7, 11) is 0. The van der Waals surface area contributed by atoms with Crippen LogP contribution in [0.4, 0.5) is 10.1 Å². The Balaban J connectivity index is 2.24. The Morgan fingerprint density at radius 2 is 2.29 bits per heavy atom. The zero-order valence-corrected chi connectivity index (χ0v) is 8.09. The molecule has 1 atom stereocenters. The predicted octanol–water partition coefficient (Wildman–Crippen LogP) is 1.87. The van der Waals surface area contributed by atoms with E-state index in [1.807, 2.05) is 0 Å². The van der Waals surface area contributed by atoms with Crippen molar-refractivity contribution < 1.29 is 4.39 Å². The van der Waals surface area contributed by atoms with Gasteiger partial charge in [0, 0.05) is 12.2 Å². The summed E-state index contributed by atoms with van der Waals surface area (Å²) < 4.78 is 13.0. The molecular formula is C11H15FN2. The number of anilines is 1. The van der Waals surface area contributed by atoms with Crippen molar-refractivity contribution in [1.82, 2.24) is 5.32 Å². The average Bonchev–Trinajstić information content (AvgIpc) is 2.23. The highest BCUT2D eigenvalue weighted by molar-refractivity contribution is 5.49. The lowest BCUT2D eigenvalue weighted by Crippen LogP contribution is -2.28. The van der Waals surface area contributed by atoms with E-state index in [2.05, 4.69) is 5.32 Å². The number of nitrogen functional groups attached to an aromatic ring is 1. The van der Waals surface area contributed by atoms with Crippen molar-refractivity contribution in [1.29, 1.82) is 0 Å². The lowest BCUT2D eigenvalue weighted by Gasteiger charge is -2.24. The summed E-state index contributed by atoms with van der Waals surface area (Å²) in [5.74, 6) is 0.180. The van der Waals surface area contributed by atoms with Crippen molar-refractivity contribution in [2.24, 2.45) is 0 Å². The van der Waals surface area contributed by atoms with E-state index in [1.165, 1.54) is 6.07 Å². The van der Waals surface area contributed by atoms with Gasteiger partial charge in [-0.3, -0.25) is 0 Å². The number of hydrogen-bond acceptors (Lipinski definition) is 2. The van der Waals surface area contributed by atoms with E-state index in [1.54, 1.807) is 12.1 Å². The average molecular weight is 194 g/mol. The van der Waals surface area contributed by atoms with Crippen LogP contribution in [0, 0.1) is 5.82 Å². The molecule has 0 aromatic heterocycles. The van der Waals surface area contributed by atoms with Crippen LogP contribution in [0.25, 0.3) is 0 Å². The van der Waals surface area contributed by atoms with Gasteiger partial charge in [0.2, 0.25) is 0 Å². The van der Waals surface area contributed by atoms with Crippen molar-refractivity contribution in [3.8, 4) is 0 Å². The Morgan fingerprint density at radius 3 is 3.00 bits per heavy atom. The number of nitrogens with one attached hydrogen (secondary N) is 1. The maximum absolute atomic E-state index is 13.0. The summed E-state index contributed by atoms with van der Waals surface area (Å²) in [5.41, 5.74) is 7.49. The first-order valence-electron chi connectivity index (χ1n) is 5.03. The zero-order chi connectivity index (χ0) is 9.97. The first-order chi connectivity index (χ1) is 6.77. The molecule has 1 fully saturated rings. The molecule has 1 aromatic rings. The van der Waals surface area contributed by atoms with Crippen LogP contribution in [0.2, 0.25) is 0 Å². The monoisotopic (exact) mass is 194 g/mol. The van der Waals surface area contributed by atoms with Gasteiger partial charge in [-0.05, 0) is 49.1 Å². The molecule has 1 aromatic carbocycles. The van der Waals surface area contributed by atoms with Gasteiger partial charge in [-0.1, -0.05) is 0 Å². The molecule has 0 spiro atoms. The SMILES string of the molecule is Nc1ccc(F)cc1C1CCCNC1. The minimum Gasteiger partial charge on any atom is -0.398 e. The topological polar surface area (TPSA) is 38.0 Å². The second-order valence-corrected chi connectivity index (χ2v) is 3.82. The maximum Gasteiger partial charge on any atom is 0.123 e. The van der Waals surface area contributed by atoms with Gasteiger partial charge in [0.15, 0.2) is 0 Å². The molecule has 3 heteroatoms. The van der Waals surface area contributed by atoms with Gasteiger partial charge in [0.25, 0.3) is 0 Å². The third kappa shape index (κ3) is 1.87. The van der Waals surface area contributed by atoms with E-state index in [-0.39, 0.29) is 5.82 Å². The third-order valence-electron chi connectivity index (χ3n) is 2.79. The smallest absolute Gasteiger partial charge is 0.123 e. The van der Waals surface area contributed by atoms with Crippen molar-refractivity contribution in [3.63, 3.8) is 0 Å². The molecule has 0 aliphatic carbocycles. The number of piperidine rings is 1. The number of nitrogens with two attached hydrogens (primary N) is 1. The molecule has 1 unspecified atom stereocenters. The standard InChI is InChI=1S/C11H15FN2/c12-9-3-4-11(13)10(6-9)8-2-1-5-14-7-8/h3-4,6,8,14H,1-2,5,7,13H2. The number of halogens is 1. The molecule has 2 nitrogen and oxygen atoms in total. The van der Waals surface area contributed by atoms with E-state index in [0.717, 1.165) is 31.5 Å². The molecular weight excluding hydrogens is 179 g/mol. The van der Waals surface area contributed by atoms with E-state index in [9.17, 15) is 4.39 Å². The first kappa shape index (κ1) is 9.46. The molecule has 1 heterocycles. The normalized spacial score (nSPS) is 22.2. The number of hydrogen-bond donors (Lipinski definition) is 2. The van der Waals surface area contributed by atoms with Crippen LogP contribution < -0.4 is 11.1 Å². The van der Waals surface area contributed by atoms with Crippen molar-refractivity contribution in [2.75, 3.05) is 18.8 Å². The molecule has 14 heavy (non-hydrogen) atoms. The fourth-order valence-electron chi connectivity index (χ4n) is 2.02. The molecule has 0 radical (unpaired) electrons. The van der Waals surface area contributed by atoms with Gasteiger partial charge in [-0.2, -0.15) is 0 Å². The van der Waals surface area contributed by atoms with Crippen LogP contribution in [0.3, 0.4) is 0 Å². The second-order valence-electron chi connectivity index (χ2n) is 3.82. The molecule has 0 amide bonds. The first-order valence-corrected chi connectivity index (χ1v) is 5.03. The summed E-state index contributed by atoms with van der Waals surface area (Å²) in [6.07, 6.45) is 2.24. The second kappa shape index (κ2) is 3.96. The van der Waals surface area contributed by atoms with Gasteiger partial charge in [-0.25, -0.2) is 4.39 Å². The highest BCUT2D eigenvalue weighted by Gasteiger charge is 2.17. The van der Waals surface area contributed by atoms with Crippen LogP contribution in [0.15, 0.2) is 18.2 Å². The fraction of sp³-hybridized carbons (Fsp3) is 0.455. The molecule has 1 aliphatic heterocycles. The Morgan fingerprint density at radius 1 is 1.43 bits per heavy atom. The highest BCUT2D eigenvalue weighted by atomic mass is 19.1. The van der Waals surface area contributed by atoms with Crippen LogP contribution in [-0.4, -0.2) is 13.1 Å². The van der Waals surface area contributed by atoms with E-state index < -0.39 is 0 Å². The third-order valence-corrected chi connectivity index (χ3v) is 2.79. The van der Waals surface area contributed by atoms with Gasteiger partial charge in [0.05, 0.1) is 0 Å². The molecule has 1 saturated heterocycles. The van der Waals surface area contributed by atoms with Gasteiger partial charge in [0.1, 0.15) is 5.82 Å². The largest absolute Gasteiger partial charge is 0.398 e. The van der Waals surface area contributed by atoms with Crippen LogP contribution in [0.5, 0.6) is 0 Å². The van der Waals surface area contributed by atoms with E-state index in [0.29, 0.717) is 11.6 Å². The van der Waals surface area contributed by atoms with Crippen molar-refractivity contribution in [2.45, 2.75) is 18.8 Å². The molecule has 3 N–H and O–H groups in total. The minimum atomic E-state index is -0.195. The van der Waals surface area contributed by atoms with Crippen molar-refractivity contribution in [3.05, 3.63) is 29.6 Å². The summed E-state index contributed by atoms with van der Waals surface area (Å²) in [5, 5.41) is 3.30. The zero-order valence-electron chi connectivity index (χ0n) is 8.09. The summed E-state index contributed by atoms with van der Waals surface area (Å²) in [6, 6.07) is 4.63. The summed E-state index contributed by atoms with van der Waals surface area (Å²) >= 11 is 0. The molecule has 0 saturated carbocycles. The maximum atomic E-state index is 13.0. The van der Waals surface area contributed by atoms with Crippen LogP contribution in [-0.2, 0) is 0 Å². The fourth-order valence-corrected chi connectivity index (χ4v) is 2.02. The Labute approximate surface area is 83.3 Å².